The lowest BCUT2D eigenvalue weighted by Crippen LogP contribution is -2.52. The molecule has 0 N–H and O–H groups in total. The van der Waals surface area contributed by atoms with Gasteiger partial charge in [0.15, 0.2) is 0 Å². The van der Waals surface area contributed by atoms with Crippen LogP contribution in [0.5, 0.6) is 0 Å². The molecule has 0 aliphatic heterocycles. The van der Waals surface area contributed by atoms with Gasteiger partial charge >= 0.3 is 18.0 Å². The molecule has 0 heterocycles. The fourth-order valence-electron chi connectivity index (χ4n) is 1.62. The van der Waals surface area contributed by atoms with Gasteiger partial charge in [-0.3, -0.25) is 0 Å². The molecule has 0 spiro atoms. The van der Waals surface area contributed by atoms with Gasteiger partial charge in [-0.15, -0.1) is 0 Å². The first kappa shape index (κ1) is 15.8. The van der Waals surface area contributed by atoms with Crippen LogP contribution in [0.1, 0.15) is 24.8 Å². The third-order valence-corrected chi connectivity index (χ3v) is 2.75. The van der Waals surface area contributed by atoms with E-state index in [0.717, 1.165) is 0 Å². The first-order chi connectivity index (χ1) is 8.49. The highest BCUT2D eigenvalue weighted by molar-refractivity contribution is 5.19. The first-order valence-electron chi connectivity index (χ1n) is 5.36. The summed E-state index contributed by atoms with van der Waals surface area (Å²) in [5, 5.41) is 0. The summed E-state index contributed by atoms with van der Waals surface area (Å²) >= 11 is 0. The molecule has 0 saturated carbocycles. The van der Waals surface area contributed by atoms with Crippen LogP contribution in [0.25, 0.3) is 0 Å². The highest BCUT2D eigenvalue weighted by atomic mass is 19.4. The van der Waals surface area contributed by atoms with Crippen LogP contribution in [-0.2, 0) is 0 Å². The van der Waals surface area contributed by atoms with Gasteiger partial charge in [0.05, 0.1) is 0 Å². The Morgan fingerprint density at radius 2 is 1.37 bits per heavy atom. The molecular weight excluding hydrogens is 277 g/mol. The Kier molecular flexibility index (Phi) is 4.17. The topological polar surface area (TPSA) is 0 Å². The van der Waals surface area contributed by atoms with Crippen molar-refractivity contribution in [1.82, 2.24) is 0 Å². The molecule has 19 heavy (non-hydrogen) atoms. The Hall–Kier alpha value is -1.27. The molecule has 1 rings (SSSR count). The molecule has 0 aliphatic rings. The zero-order valence-corrected chi connectivity index (χ0v) is 9.82. The summed E-state index contributed by atoms with van der Waals surface area (Å²) in [5.74, 6) is -12.3. The van der Waals surface area contributed by atoms with Crippen LogP contribution in [0.3, 0.4) is 0 Å². The number of halogens is 7. The van der Waals surface area contributed by atoms with Crippen molar-refractivity contribution >= 4 is 0 Å². The van der Waals surface area contributed by atoms with Gasteiger partial charge in [-0.05, 0) is 11.5 Å². The predicted molar refractivity (Wildman–Crippen MR) is 55.4 cm³/mol. The molecule has 1 unspecified atom stereocenters. The highest BCUT2D eigenvalue weighted by Gasteiger charge is 2.72. The normalized spacial score (nSPS) is 15.4. The molecule has 1 aromatic rings. The molecule has 0 radical (unpaired) electrons. The number of hydrogen-bond acceptors (Lipinski definition) is 0. The van der Waals surface area contributed by atoms with E-state index in [9.17, 15) is 30.7 Å². The first-order valence-corrected chi connectivity index (χ1v) is 5.36. The average Bonchev–Trinajstić information content (AvgIpc) is 2.28. The van der Waals surface area contributed by atoms with Crippen LogP contribution in [0.2, 0.25) is 0 Å². The second-order valence-corrected chi connectivity index (χ2v) is 4.29. The van der Waals surface area contributed by atoms with Gasteiger partial charge in [-0.1, -0.05) is 37.3 Å². The monoisotopic (exact) mass is 288 g/mol. The van der Waals surface area contributed by atoms with E-state index < -0.39 is 30.4 Å². The molecule has 0 aromatic heterocycles. The Bertz CT molecular complexity index is 408. The molecule has 108 valence electrons. The fourth-order valence-corrected chi connectivity index (χ4v) is 1.62. The smallest absolute Gasteiger partial charge is 0.199 e. The van der Waals surface area contributed by atoms with Crippen molar-refractivity contribution in [1.29, 1.82) is 0 Å². The van der Waals surface area contributed by atoms with Crippen molar-refractivity contribution in [3.05, 3.63) is 35.9 Å². The largest absolute Gasteiger partial charge is 0.459 e. The van der Waals surface area contributed by atoms with Crippen LogP contribution in [0.15, 0.2) is 30.3 Å². The minimum Gasteiger partial charge on any atom is -0.199 e. The van der Waals surface area contributed by atoms with E-state index in [1.807, 2.05) is 0 Å². The van der Waals surface area contributed by atoms with Gasteiger partial charge in [0, 0.05) is 6.42 Å². The summed E-state index contributed by atoms with van der Waals surface area (Å²) in [6.07, 6.45) is -7.85. The summed E-state index contributed by atoms with van der Waals surface area (Å²) in [7, 11) is 0. The lowest BCUT2D eigenvalue weighted by Gasteiger charge is -2.30. The molecule has 0 saturated heterocycles. The third kappa shape index (κ3) is 3.19. The van der Waals surface area contributed by atoms with E-state index in [1.165, 1.54) is 31.2 Å². The standard InChI is InChI=1S/C12H11F7/c1-8(9-5-3-2-4-6-9)7-10(13,14)11(15,16)12(17,18)19/h2-6,8H,7H2,1H3. The second kappa shape index (κ2) is 5.02. The van der Waals surface area contributed by atoms with E-state index in [4.69, 9.17) is 0 Å². The molecule has 0 bridgehead atoms. The van der Waals surface area contributed by atoms with E-state index in [0.29, 0.717) is 0 Å². The molecule has 0 amide bonds. The highest BCUT2D eigenvalue weighted by Crippen LogP contribution is 2.49. The van der Waals surface area contributed by atoms with E-state index in [1.54, 1.807) is 6.07 Å². The molecule has 0 aliphatic carbocycles. The van der Waals surface area contributed by atoms with E-state index >= 15 is 0 Å². The third-order valence-electron chi connectivity index (χ3n) is 2.75. The van der Waals surface area contributed by atoms with Gasteiger partial charge in [-0.25, -0.2) is 0 Å². The van der Waals surface area contributed by atoms with Crippen LogP contribution >= 0.6 is 0 Å². The van der Waals surface area contributed by atoms with Gasteiger partial charge in [-0.2, -0.15) is 30.7 Å². The summed E-state index contributed by atoms with van der Waals surface area (Å²) in [5.41, 5.74) is 0.278. The minimum absolute atomic E-state index is 0.278. The number of benzene rings is 1. The lowest BCUT2D eigenvalue weighted by atomic mass is 9.92. The lowest BCUT2D eigenvalue weighted by molar-refractivity contribution is -0.356. The van der Waals surface area contributed by atoms with Gasteiger partial charge < -0.3 is 0 Å². The number of alkyl halides is 7. The Morgan fingerprint density at radius 1 is 0.895 bits per heavy atom. The zero-order valence-electron chi connectivity index (χ0n) is 9.82. The quantitative estimate of drug-likeness (QED) is 0.683. The second-order valence-electron chi connectivity index (χ2n) is 4.29. The van der Waals surface area contributed by atoms with Gasteiger partial charge in [0.2, 0.25) is 0 Å². The average molecular weight is 288 g/mol. The maximum atomic E-state index is 13.2. The maximum absolute atomic E-state index is 13.2. The molecular formula is C12H11F7. The van der Waals surface area contributed by atoms with Gasteiger partial charge in [0.25, 0.3) is 0 Å². The van der Waals surface area contributed by atoms with Crippen molar-refractivity contribution in [3.8, 4) is 0 Å². The summed E-state index contributed by atoms with van der Waals surface area (Å²) < 4.78 is 87.6. The van der Waals surface area contributed by atoms with Crippen LogP contribution in [0.4, 0.5) is 30.7 Å². The molecule has 1 aromatic carbocycles. The zero-order chi connectivity index (χ0) is 14.9. The van der Waals surface area contributed by atoms with Crippen LogP contribution in [0, 0.1) is 0 Å². The SMILES string of the molecule is CC(CC(F)(F)C(F)(F)C(F)(F)F)c1ccccc1. The van der Waals surface area contributed by atoms with Crippen molar-refractivity contribution in [2.24, 2.45) is 0 Å². The summed E-state index contributed by atoms with van der Waals surface area (Å²) in [6.45, 7) is 1.18. The number of rotatable bonds is 4. The molecule has 0 nitrogen and oxygen atoms in total. The number of hydrogen-bond donors (Lipinski definition) is 0. The Balaban J connectivity index is 2.91. The molecule has 0 fully saturated rings. The van der Waals surface area contributed by atoms with Crippen LogP contribution in [-0.4, -0.2) is 18.0 Å². The predicted octanol–water partition coefficient (Wildman–Crippen LogP) is 5.01. The van der Waals surface area contributed by atoms with Crippen molar-refractivity contribution in [2.45, 2.75) is 37.3 Å². The van der Waals surface area contributed by atoms with Crippen LogP contribution < -0.4 is 0 Å². The Morgan fingerprint density at radius 3 is 1.79 bits per heavy atom. The fraction of sp³-hybridized carbons (Fsp3) is 0.500. The summed E-state index contributed by atoms with van der Waals surface area (Å²) in [6, 6.07) is 7.36. The molecule has 1 atom stereocenters. The minimum atomic E-state index is -6.27. The van der Waals surface area contributed by atoms with E-state index in [2.05, 4.69) is 0 Å². The Labute approximate surface area is 105 Å². The van der Waals surface area contributed by atoms with Crippen molar-refractivity contribution < 1.29 is 30.7 Å². The van der Waals surface area contributed by atoms with Crippen molar-refractivity contribution in [2.75, 3.05) is 0 Å². The van der Waals surface area contributed by atoms with Gasteiger partial charge in [0.1, 0.15) is 0 Å². The summed E-state index contributed by atoms with van der Waals surface area (Å²) in [4.78, 5) is 0. The van der Waals surface area contributed by atoms with E-state index in [-0.39, 0.29) is 5.56 Å². The maximum Gasteiger partial charge on any atom is 0.459 e. The molecule has 7 heteroatoms. The van der Waals surface area contributed by atoms with Crippen molar-refractivity contribution in [3.63, 3.8) is 0 Å².